The molecule has 1 N–H and O–H groups in total. The van der Waals surface area contributed by atoms with Crippen LogP contribution in [-0.2, 0) is 6.54 Å². The number of nitrogens with one attached hydrogen (secondary N) is 1. The van der Waals surface area contributed by atoms with Crippen molar-refractivity contribution in [2.45, 2.75) is 34.2 Å². The number of nitrogens with zero attached hydrogens (tertiary/aromatic N) is 1. The summed E-state index contributed by atoms with van der Waals surface area (Å²) in [5, 5.41) is 12.2. The van der Waals surface area contributed by atoms with Crippen molar-refractivity contribution >= 4 is 0 Å². The van der Waals surface area contributed by atoms with Gasteiger partial charge in [-0.05, 0) is 44.4 Å². The number of aryl methyl sites for hydroxylation is 1. The molecule has 0 heterocycles. The maximum Gasteiger partial charge on any atom is 0.0697 e. The molecular formula is C14H20N2. The van der Waals surface area contributed by atoms with Gasteiger partial charge in [-0.1, -0.05) is 18.2 Å². The van der Waals surface area contributed by atoms with Crippen LogP contribution in [0.5, 0.6) is 0 Å². The summed E-state index contributed by atoms with van der Waals surface area (Å²) in [5.74, 6) is 0. The van der Waals surface area contributed by atoms with Gasteiger partial charge in [-0.3, -0.25) is 0 Å². The van der Waals surface area contributed by atoms with Crippen molar-refractivity contribution in [2.24, 2.45) is 5.41 Å². The third-order valence-electron chi connectivity index (χ3n) is 2.90. The van der Waals surface area contributed by atoms with E-state index in [1.165, 1.54) is 16.7 Å². The molecule has 0 saturated carbocycles. The Bertz CT molecular complexity index is 400. The molecule has 16 heavy (non-hydrogen) atoms. The monoisotopic (exact) mass is 216 g/mol. The van der Waals surface area contributed by atoms with Crippen LogP contribution in [0.25, 0.3) is 0 Å². The number of benzene rings is 1. The van der Waals surface area contributed by atoms with Crippen LogP contribution in [0.3, 0.4) is 0 Å². The second-order valence-electron chi connectivity index (χ2n) is 4.96. The van der Waals surface area contributed by atoms with Crippen LogP contribution in [0.2, 0.25) is 0 Å². The Hall–Kier alpha value is -1.33. The lowest BCUT2D eigenvalue weighted by atomic mass is 9.95. The largest absolute Gasteiger partial charge is 0.311 e. The third kappa shape index (κ3) is 3.36. The molecule has 0 radical (unpaired) electrons. The molecule has 1 aromatic carbocycles. The van der Waals surface area contributed by atoms with Gasteiger partial charge in [-0.2, -0.15) is 5.26 Å². The van der Waals surface area contributed by atoms with Gasteiger partial charge in [0.25, 0.3) is 0 Å². The highest BCUT2D eigenvalue weighted by atomic mass is 14.9. The molecule has 0 unspecified atom stereocenters. The van der Waals surface area contributed by atoms with E-state index in [-0.39, 0.29) is 5.41 Å². The molecule has 0 fully saturated rings. The third-order valence-corrected chi connectivity index (χ3v) is 2.90. The minimum atomic E-state index is -0.294. The highest BCUT2D eigenvalue weighted by Crippen LogP contribution is 2.14. The summed E-state index contributed by atoms with van der Waals surface area (Å²) in [4.78, 5) is 0. The van der Waals surface area contributed by atoms with Gasteiger partial charge in [0.2, 0.25) is 0 Å². The summed E-state index contributed by atoms with van der Waals surface area (Å²) in [5.41, 5.74) is 3.68. The number of hydrogen-bond acceptors (Lipinski definition) is 2. The first-order valence-corrected chi connectivity index (χ1v) is 5.63. The number of rotatable bonds is 4. The zero-order chi connectivity index (χ0) is 12.2. The Morgan fingerprint density at radius 2 is 2.00 bits per heavy atom. The first-order valence-electron chi connectivity index (χ1n) is 5.63. The SMILES string of the molecule is Cc1cccc(CNCC(C)(C)C#N)c1C. The lowest BCUT2D eigenvalue weighted by Gasteiger charge is -2.17. The summed E-state index contributed by atoms with van der Waals surface area (Å²) < 4.78 is 0. The van der Waals surface area contributed by atoms with Crippen LogP contribution in [0.1, 0.15) is 30.5 Å². The number of nitriles is 1. The fourth-order valence-corrected chi connectivity index (χ4v) is 1.55. The van der Waals surface area contributed by atoms with Crippen LogP contribution >= 0.6 is 0 Å². The minimum absolute atomic E-state index is 0.294. The molecule has 2 nitrogen and oxygen atoms in total. The molecule has 2 heteroatoms. The van der Waals surface area contributed by atoms with Crippen LogP contribution in [-0.4, -0.2) is 6.54 Å². The van der Waals surface area contributed by atoms with Crippen LogP contribution in [0.4, 0.5) is 0 Å². The molecule has 0 aromatic heterocycles. The molecular weight excluding hydrogens is 196 g/mol. The van der Waals surface area contributed by atoms with Crippen molar-refractivity contribution in [1.82, 2.24) is 5.32 Å². The lowest BCUT2D eigenvalue weighted by Crippen LogP contribution is -2.27. The van der Waals surface area contributed by atoms with E-state index < -0.39 is 0 Å². The first-order chi connectivity index (χ1) is 7.46. The van der Waals surface area contributed by atoms with Crippen molar-refractivity contribution in [3.05, 3.63) is 34.9 Å². The number of hydrogen-bond donors (Lipinski definition) is 1. The Labute approximate surface area is 98.3 Å². The van der Waals surface area contributed by atoms with Gasteiger partial charge < -0.3 is 5.32 Å². The molecule has 0 aliphatic rings. The Morgan fingerprint density at radius 3 is 2.62 bits per heavy atom. The van der Waals surface area contributed by atoms with E-state index in [2.05, 4.69) is 43.4 Å². The van der Waals surface area contributed by atoms with E-state index in [4.69, 9.17) is 5.26 Å². The summed E-state index contributed by atoms with van der Waals surface area (Å²) in [6.07, 6.45) is 0. The predicted molar refractivity (Wildman–Crippen MR) is 67.0 cm³/mol. The van der Waals surface area contributed by atoms with E-state index in [1.54, 1.807) is 0 Å². The van der Waals surface area contributed by atoms with Crippen molar-refractivity contribution in [2.75, 3.05) is 6.54 Å². The van der Waals surface area contributed by atoms with Gasteiger partial charge in [0.05, 0.1) is 11.5 Å². The van der Waals surface area contributed by atoms with Gasteiger partial charge in [0.1, 0.15) is 0 Å². The second kappa shape index (κ2) is 5.14. The second-order valence-corrected chi connectivity index (χ2v) is 4.96. The molecule has 0 aliphatic carbocycles. The molecule has 1 rings (SSSR count). The summed E-state index contributed by atoms with van der Waals surface area (Å²) in [6, 6.07) is 8.63. The minimum Gasteiger partial charge on any atom is -0.311 e. The fourth-order valence-electron chi connectivity index (χ4n) is 1.55. The van der Waals surface area contributed by atoms with Gasteiger partial charge in [0, 0.05) is 13.1 Å². The maximum absolute atomic E-state index is 8.90. The van der Waals surface area contributed by atoms with E-state index in [1.807, 2.05) is 13.8 Å². The zero-order valence-electron chi connectivity index (χ0n) is 10.6. The standard InChI is InChI=1S/C14H20N2/c1-11-6-5-7-13(12(11)2)8-16-10-14(3,4)9-15/h5-7,16H,8,10H2,1-4H3. The zero-order valence-corrected chi connectivity index (χ0v) is 10.6. The fraction of sp³-hybridized carbons (Fsp3) is 0.500. The molecule has 0 amide bonds. The predicted octanol–water partition coefficient (Wildman–Crippen LogP) is 2.94. The normalized spacial score (nSPS) is 11.2. The highest BCUT2D eigenvalue weighted by Gasteiger charge is 2.15. The Morgan fingerprint density at radius 1 is 1.31 bits per heavy atom. The lowest BCUT2D eigenvalue weighted by molar-refractivity contribution is 0.444. The average Bonchev–Trinajstić information content (AvgIpc) is 2.24. The topological polar surface area (TPSA) is 35.8 Å². The van der Waals surface area contributed by atoms with Crippen molar-refractivity contribution < 1.29 is 0 Å². The maximum atomic E-state index is 8.90. The van der Waals surface area contributed by atoms with Crippen LogP contribution in [0, 0.1) is 30.6 Å². The summed E-state index contributed by atoms with van der Waals surface area (Å²) in [7, 11) is 0. The van der Waals surface area contributed by atoms with Crippen LogP contribution in [0.15, 0.2) is 18.2 Å². The van der Waals surface area contributed by atoms with Crippen molar-refractivity contribution in [1.29, 1.82) is 5.26 Å². The smallest absolute Gasteiger partial charge is 0.0697 e. The van der Waals surface area contributed by atoms with Gasteiger partial charge >= 0.3 is 0 Å². The van der Waals surface area contributed by atoms with Crippen molar-refractivity contribution in [3.8, 4) is 6.07 Å². The van der Waals surface area contributed by atoms with E-state index in [0.717, 1.165) is 13.1 Å². The highest BCUT2D eigenvalue weighted by molar-refractivity contribution is 5.32. The van der Waals surface area contributed by atoms with Gasteiger partial charge in [-0.25, -0.2) is 0 Å². The molecule has 86 valence electrons. The molecule has 0 saturated heterocycles. The molecule has 0 aliphatic heterocycles. The average molecular weight is 216 g/mol. The van der Waals surface area contributed by atoms with Crippen molar-refractivity contribution in [3.63, 3.8) is 0 Å². The van der Waals surface area contributed by atoms with E-state index in [9.17, 15) is 0 Å². The van der Waals surface area contributed by atoms with E-state index >= 15 is 0 Å². The Balaban J connectivity index is 2.57. The molecule has 1 aromatic rings. The summed E-state index contributed by atoms with van der Waals surface area (Å²) in [6.45, 7) is 9.71. The summed E-state index contributed by atoms with van der Waals surface area (Å²) >= 11 is 0. The van der Waals surface area contributed by atoms with Gasteiger partial charge in [-0.15, -0.1) is 0 Å². The van der Waals surface area contributed by atoms with Crippen LogP contribution < -0.4 is 5.32 Å². The molecule has 0 spiro atoms. The van der Waals surface area contributed by atoms with E-state index in [0.29, 0.717) is 0 Å². The Kier molecular flexibility index (Phi) is 4.09. The quantitative estimate of drug-likeness (QED) is 0.840. The molecule has 0 bridgehead atoms. The first kappa shape index (κ1) is 12.7. The van der Waals surface area contributed by atoms with Gasteiger partial charge in [0.15, 0.2) is 0 Å². The molecule has 0 atom stereocenters.